The van der Waals surface area contributed by atoms with E-state index in [0.29, 0.717) is 18.6 Å². The first-order valence-corrected chi connectivity index (χ1v) is 9.45. The lowest BCUT2D eigenvalue weighted by molar-refractivity contribution is -0.156. The molecule has 1 saturated heterocycles. The van der Waals surface area contributed by atoms with Crippen molar-refractivity contribution in [3.05, 3.63) is 29.6 Å². The summed E-state index contributed by atoms with van der Waals surface area (Å²) < 4.78 is 23.7. The maximum absolute atomic E-state index is 13.3. The van der Waals surface area contributed by atoms with Crippen LogP contribution in [0.1, 0.15) is 64.2 Å². The van der Waals surface area contributed by atoms with Crippen LogP contribution in [0.3, 0.4) is 0 Å². The molecule has 0 aliphatic carbocycles. The van der Waals surface area contributed by atoms with E-state index in [2.05, 4.69) is 5.32 Å². The number of benzene rings is 1. The fourth-order valence-corrected chi connectivity index (χ4v) is 2.68. The molecule has 1 aromatic carbocycles. The molecular weight excluding hydrogens is 349 g/mol. The third kappa shape index (κ3) is 9.52. The molecule has 1 aliphatic rings. The minimum Gasteiger partial charge on any atom is -0.488 e. The van der Waals surface area contributed by atoms with E-state index in [4.69, 9.17) is 9.47 Å². The van der Waals surface area contributed by atoms with Gasteiger partial charge in [-0.2, -0.15) is 0 Å². The lowest BCUT2D eigenvalue weighted by Gasteiger charge is -2.24. The van der Waals surface area contributed by atoms with Crippen molar-refractivity contribution >= 4 is 12.3 Å². The summed E-state index contributed by atoms with van der Waals surface area (Å²) in [6.07, 6.45) is 3.25. The second-order valence-corrected chi connectivity index (χ2v) is 7.95. The summed E-state index contributed by atoms with van der Waals surface area (Å²) in [5, 5.41) is 3.30. The molecule has 6 heteroatoms. The van der Waals surface area contributed by atoms with E-state index in [1.54, 1.807) is 19.9 Å². The van der Waals surface area contributed by atoms with E-state index < -0.39 is 5.82 Å². The first kappa shape index (κ1) is 23.1. The first-order valence-electron chi connectivity index (χ1n) is 9.45. The summed E-state index contributed by atoms with van der Waals surface area (Å²) in [6, 6.07) is 4.50. The van der Waals surface area contributed by atoms with Crippen molar-refractivity contribution in [2.45, 2.75) is 65.6 Å². The summed E-state index contributed by atoms with van der Waals surface area (Å²) >= 11 is 0. The Labute approximate surface area is 161 Å². The number of nitrogens with one attached hydrogen (secondary N) is 1. The Morgan fingerprint density at radius 2 is 2.07 bits per heavy atom. The molecular formula is C21H32FNO4. The van der Waals surface area contributed by atoms with Gasteiger partial charge in [0.25, 0.3) is 0 Å². The van der Waals surface area contributed by atoms with Crippen LogP contribution in [0.5, 0.6) is 5.75 Å². The molecule has 0 bridgehead atoms. The van der Waals surface area contributed by atoms with Gasteiger partial charge >= 0.3 is 5.97 Å². The molecule has 0 unspecified atom stereocenters. The highest BCUT2D eigenvalue weighted by atomic mass is 19.1. The van der Waals surface area contributed by atoms with Gasteiger partial charge < -0.3 is 14.8 Å². The van der Waals surface area contributed by atoms with Crippen molar-refractivity contribution in [2.24, 2.45) is 5.92 Å². The Bertz CT molecular complexity index is 605. The molecule has 0 spiro atoms. The van der Waals surface area contributed by atoms with Gasteiger partial charge in [0.05, 0.1) is 11.7 Å². The number of hydrogen-bond donors (Lipinski definition) is 1. The number of aldehydes is 1. The highest BCUT2D eigenvalue weighted by molar-refractivity contribution is 5.76. The number of rotatable bonds is 5. The van der Waals surface area contributed by atoms with E-state index in [1.807, 2.05) is 20.8 Å². The standard InChI is InChI=1S/C11H21NO2.C10H11FO2/c1-11(2,3)14-10(13)7-9-5-4-6-12-8-9;1-7(2)13-9-5-3-4-8(6-12)10(9)11/h9,12H,4-8H2,1-3H3;3-7H,1-2H3/t9-;/m0./s1. The zero-order valence-corrected chi connectivity index (χ0v) is 17.0. The SMILES string of the molecule is CC(C)(C)OC(=O)C[C@@H]1CCCNC1.CC(C)Oc1cccc(C=O)c1F. The molecule has 1 aromatic rings. The number of ether oxygens (including phenoxy) is 2. The van der Waals surface area contributed by atoms with Crippen LogP contribution in [0.25, 0.3) is 0 Å². The van der Waals surface area contributed by atoms with Crippen LogP contribution in [-0.2, 0) is 9.53 Å². The third-order valence-electron chi connectivity index (χ3n) is 3.76. The Balaban J connectivity index is 0.000000271. The maximum atomic E-state index is 13.3. The van der Waals surface area contributed by atoms with E-state index in [1.165, 1.54) is 18.6 Å². The van der Waals surface area contributed by atoms with Crippen LogP contribution in [0, 0.1) is 11.7 Å². The van der Waals surface area contributed by atoms with Gasteiger partial charge in [0.15, 0.2) is 17.9 Å². The summed E-state index contributed by atoms with van der Waals surface area (Å²) in [7, 11) is 0. The molecule has 1 atom stereocenters. The molecule has 1 fully saturated rings. The van der Waals surface area contributed by atoms with Gasteiger partial charge in [0.2, 0.25) is 0 Å². The van der Waals surface area contributed by atoms with E-state index in [0.717, 1.165) is 19.5 Å². The Morgan fingerprint density at radius 1 is 1.37 bits per heavy atom. The minimum absolute atomic E-state index is 0.0261. The molecule has 1 N–H and O–H groups in total. The van der Waals surface area contributed by atoms with Crippen LogP contribution in [0.2, 0.25) is 0 Å². The van der Waals surface area contributed by atoms with Crippen LogP contribution in [0.4, 0.5) is 4.39 Å². The highest BCUT2D eigenvalue weighted by Crippen LogP contribution is 2.20. The Morgan fingerprint density at radius 3 is 2.59 bits per heavy atom. The monoisotopic (exact) mass is 381 g/mol. The predicted molar refractivity (Wildman–Crippen MR) is 104 cm³/mol. The molecule has 0 radical (unpaired) electrons. The van der Waals surface area contributed by atoms with Crippen molar-refractivity contribution < 1.29 is 23.5 Å². The van der Waals surface area contributed by atoms with Gasteiger partial charge in [-0.25, -0.2) is 4.39 Å². The van der Waals surface area contributed by atoms with Gasteiger partial charge in [-0.3, -0.25) is 9.59 Å². The lowest BCUT2D eigenvalue weighted by Crippen LogP contribution is -2.33. The molecule has 0 aromatic heterocycles. The Hall–Kier alpha value is -1.95. The molecule has 0 amide bonds. The van der Waals surface area contributed by atoms with Crippen LogP contribution < -0.4 is 10.1 Å². The molecule has 2 rings (SSSR count). The molecule has 0 saturated carbocycles. The average Bonchev–Trinajstić information content (AvgIpc) is 2.56. The van der Waals surface area contributed by atoms with Crippen LogP contribution in [-0.4, -0.2) is 37.0 Å². The second-order valence-electron chi connectivity index (χ2n) is 7.95. The number of hydrogen-bond acceptors (Lipinski definition) is 5. The van der Waals surface area contributed by atoms with Crippen LogP contribution in [0.15, 0.2) is 18.2 Å². The van der Waals surface area contributed by atoms with Crippen molar-refractivity contribution in [1.29, 1.82) is 0 Å². The van der Waals surface area contributed by atoms with E-state index >= 15 is 0 Å². The van der Waals surface area contributed by atoms with E-state index in [9.17, 15) is 14.0 Å². The second kappa shape index (κ2) is 11.0. The van der Waals surface area contributed by atoms with Crippen molar-refractivity contribution in [2.75, 3.05) is 13.1 Å². The number of carbonyl (C=O) groups excluding carboxylic acids is 2. The minimum atomic E-state index is -0.591. The quantitative estimate of drug-likeness (QED) is 0.613. The summed E-state index contributed by atoms with van der Waals surface area (Å²) in [5.74, 6) is -0.0596. The van der Waals surface area contributed by atoms with Gasteiger partial charge in [0.1, 0.15) is 5.60 Å². The number of esters is 1. The van der Waals surface area contributed by atoms with Crippen molar-refractivity contribution in [3.8, 4) is 5.75 Å². The topological polar surface area (TPSA) is 64.6 Å². The molecule has 1 heterocycles. The maximum Gasteiger partial charge on any atom is 0.306 e. The largest absolute Gasteiger partial charge is 0.488 e. The molecule has 5 nitrogen and oxygen atoms in total. The number of piperidine rings is 1. The zero-order chi connectivity index (χ0) is 20.4. The zero-order valence-electron chi connectivity index (χ0n) is 17.0. The molecule has 27 heavy (non-hydrogen) atoms. The Kier molecular flexibility index (Phi) is 9.43. The smallest absolute Gasteiger partial charge is 0.306 e. The number of halogens is 1. The fraction of sp³-hybridized carbons (Fsp3) is 0.619. The van der Waals surface area contributed by atoms with Crippen molar-refractivity contribution in [3.63, 3.8) is 0 Å². The van der Waals surface area contributed by atoms with Crippen LogP contribution >= 0.6 is 0 Å². The summed E-state index contributed by atoms with van der Waals surface area (Å²) in [6.45, 7) is 11.4. The van der Waals surface area contributed by atoms with Crippen molar-refractivity contribution in [1.82, 2.24) is 5.32 Å². The van der Waals surface area contributed by atoms with E-state index in [-0.39, 0.29) is 29.0 Å². The molecule has 1 aliphatic heterocycles. The fourth-order valence-electron chi connectivity index (χ4n) is 2.68. The van der Waals surface area contributed by atoms with Gasteiger partial charge in [-0.05, 0) is 78.6 Å². The van der Waals surface area contributed by atoms with Gasteiger partial charge in [-0.1, -0.05) is 6.07 Å². The number of carbonyl (C=O) groups is 2. The first-order chi connectivity index (χ1) is 12.6. The normalized spacial score (nSPS) is 16.9. The summed E-state index contributed by atoms with van der Waals surface area (Å²) in [4.78, 5) is 21.8. The highest BCUT2D eigenvalue weighted by Gasteiger charge is 2.21. The van der Waals surface area contributed by atoms with Gasteiger partial charge in [0, 0.05) is 6.42 Å². The van der Waals surface area contributed by atoms with Gasteiger partial charge in [-0.15, -0.1) is 0 Å². The lowest BCUT2D eigenvalue weighted by atomic mass is 9.96. The summed E-state index contributed by atoms with van der Waals surface area (Å²) in [5.41, 5.74) is -0.322. The molecule has 152 valence electrons. The average molecular weight is 381 g/mol. The predicted octanol–water partition coefficient (Wildman–Crippen LogP) is 4.14. The third-order valence-corrected chi connectivity index (χ3v) is 3.76.